The first kappa shape index (κ1) is 15.1. The number of fused-ring (bicyclic) bond motifs is 1. The Labute approximate surface area is 141 Å². The molecule has 0 bridgehead atoms. The lowest BCUT2D eigenvalue weighted by atomic mass is 9.87. The summed E-state index contributed by atoms with van der Waals surface area (Å²) in [5.74, 6) is -0.0853. The zero-order valence-electron chi connectivity index (χ0n) is 13.8. The topological polar surface area (TPSA) is 52.7 Å². The van der Waals surface area contributed by atoms with Crippen molar-refractivity contribution in [2.45, 2.75) is 24.9 Å². The molecule has 0 saturated carbocycles. The van der Waals surface area contributed by atoms with Crippen LogP contribution in [-0.4, -0.2) is 47.4 Å². The van der Waals surface area contributed by atoms with Crippen molar-refractivity contribution in [2.75, 3.05) is 20.1 Å². The van der Waals surface area contributed by atoms with Crippen LogP contribution in [0.3, 0.4) is 0 Å². The molecule has 5 heteroatoms. The van der Waals surface area contributed by atoms with Crippen molar-refractivity contribution in [3.8, 4) is 0 Å². The zero-order valence-corrected chi connectivity index (χ0v) is 13.8. The Hall–Kier alpha value is -2.40. The number of urea groups is 1. The molecule has 0 unspecified atom stereocenters. The largest absolute Gasteiger partial charge is 0.324 e. The minimum Gasteiger partial charge on any atom is -0.323 e. The molecule has 2 aromatic carbocycles. The lowest BCUT2D eigenvalue weighted by Crippen LogP contribution is -2.54. The van der Waals surface area contributed by atoms with Crippen LogP contribution in [0.25, 0.3) is 10.8 Å². The number of benzene rings is 2. The van der Waals surface area contributed by atoms with E-state index >= 15 is 0 Å². The highest BCUT2D eigenvalue weighted by atomic mass is 16.2. The van der Waals surface area contributed by atoms with Gasteiger partial charge in [0.05, 0.1) is 0 Å². The van der Waals surface area contributed by atoms with Crippen LogP contribution in [0, 0.1) is 0 Å². The van der Waals surface area contributed by atoms with Gasteiger partial charge in [-0.05, 0) is 35.2 Å². The highest BCUT2D eigenvalue weighted by molar-refractivity contribution is 6.06. The van der Waals surface area contributed by atoms with Gasteiger partial charge < -0.3 is 5.32 Å². The van der Waals surface area contributed by atoms with E-state index in [9.17, 15) is 9.59 Å². The van der Waals surface area contributed by atoms with Gasteiger partial charge in [0, 0.05) is 26.7 Å². The minimum absolute atomic E-state index is 0.0853. The van der Waals surface area contributed by atoms with E-state index in [2.05, 4.69) is 52.7 Å². The van der Waals surface area contributed by atoms with E-state index in [1.807, 2.05) is 0 Å². The Morgan fingerprint density at radius 3 is 2.42 bits per heavy atom. The summed E-state index contributed by atoms with van der Waals surface area (Å²) in [4.78, 5) is 27.6. The molecule has 124 valence electrons. The molecule has 2 aliphatic heterocycles. The maximum absolute atomic E-state index is 12.3. The van der Waals surface area contributed by atoms with Crippen LogP contribution in [0.1, 0.15) is 18.4 Å². The van der Waals surface area contributed by atoms with Gasteiger partial charge in [-0.2, -0.15) is 0 Å². The minimum atomic E-state index is -0.675. The second-order valence-corrected chi connectivity index (χ2v) is 6.83. The highest BCUT2D eigenvalue weighted by Crippen LogP contribution is 2.29. The fourth-order valence-electron chi connectivity index (χ4n) is 3.78. The second-order valence-electron chi connectivity index (χ2n) is 6.83. The molecule has 5 nitrogen and oxygen atoms in total. The molecule has 2 aliphatic rings. The van der Waals surface area contributed by atoms with Crippen molar-refractivity contribution in [2.24, 2.45) is 0 Å². The zero-order chi connectivity index (χ0) is 16.7. The second kappa shape index (κ2) is 5.60. The predicted octanol–water partition coefficient (Wildman–Crippen LogP) is 2.36. The van der Waals surface area contributed by atoms with E-state index in [1.54, 1.807) is 7.05 Å². The summed E-state index contributed by atoms with van der Waals surface area (Å²) in [5, 5.41) is 5.39. The summed E-state index contributed by atoms with van der Waals surface area (Å²) in [6.45, 7) is 2.50. The third-order valence-electron chi connectivity index (χ3n) is 5.29. The van der Waals surface area contributed by atoms with Crippen molar-refractivity contribution in [1.82, 2.24) is 15.1 Å². The van der Waals surface area contributed by atoms with E-state index in [4.69, 9.17) is 0 Å². The van der Waals surface area contributed by atoms with Crippen LogP contribution in [0.15, 0.2) is 42.5 Å². The number of hydrogen-bond donors (Lipinski definition) is 1. The van der Waals surface area contributed by atoms with Gasteiger partial charge in [-0.1, -0.05) is 36.4 Å². The van der Waals surface area contributed by atoms with Crippen LogP contribution < -0.4 is 5.32 Å². The fraction of sp³-hybridized carbons (Fsp3) is 0.368. The molecular formula is C19H21N3O2. The molecule has 2 heterocycles. The molecule has 0 aliphatic carbocycles. The standard InChI is InChI=1S/C19H21N3O2/c1-21-17(23)19(20-18(21)24)8-10-22(11-9-19)13-14-6-7-15-4-2-3-5-16(15)12-14/h2-7,12H,8-11,13H2,1H3,(H,20,24). The highest BCUT2D eigenvalue weighted by Gasteiger charge is 2.50. The van der Waals surface area contributed by atoms with E-state index < -0.39 is 5.54 Å². The molecule has 2 fully saturated rings. The van der Waals surface area contributed by atoms with Crippen molar-refractivity contribution < 1.29 is 9.59 Å². The lowest BCUT2D eigenvalue weighted by Gasteiger charge is -2.37. The van der Waals surface area contributed by atoms with Gasteiger partial charge in [0.2, 0.25) is 0 Å². The van der Waals surface area contributed by atoms with Crippen molar-refractivity contribution in [3.63, 3.8) is 0 Å². The number of nitrogens with one attached hydrogen (secondary N) is 1. The first-order valence-corrected chi connectivity index (χ1v) is 8.38. The van der Waals surface area contributed by atoms with Crippen LogP contribution >= 0.6 is 0 Å². The van der Waals surface area contributed by atoms with Crippen LogP contribution in [0.4, 0.5) is 4.79 Å². The van der Waals surface area contributed by atoms with Crippen LogP contribution in [0.2, 0.25) is 0 Å². The van der Waals surface area contributed by atoms with Gasteiger partial charge >= 0.3 is 6.03 Å². The summed E-state index contributed by atoms with van der Waals surface area (Å²) >= 11 is 0. The average Bonchev–Trinajstić information content (AvgIpc) is 2.81. The molecule has 3 amide bonds. The van der Waals surface area contributed by atoms with Gasteiger partial charge in [0.1, 0.15) is 5.54 Å². The van der Waals surface area contributed by atoms with E-state index in [0.29, 0.717) is 12.8 Å². The number of likely N-dealkylation sites (tertiary alicyclic amines) is 1. The Morgan fingerprint density at radius 1 is 1.04 bits per heavy atom. The molecule has 1 N–H and O–H groups in total. The van der Waals surface area contributed by atoms with E-state index in [0.717, 1.165) is 19.6 Å². The van der Waals surface area contributed by atoms with Crippen molar-refractivity contribution >= 4 is 22.7 Å². The van der Waals surface area contributed by atoms with Gasteiger partial charge in [-0.3, -0.25) is 14.6 Å². The molecule has 24 heavy (non-hydrogen) atoms. The Balaban J connectivity index is 1.44. The number of carbonyl (C=O) groups excluding carboxylic acids is 2. The number of hydrogen-bond acceptors (Lipinski definition) is 3. The molecule has 0 aromatic heterocycles. The van der Waals surface area contributed by atoms with E-state index in [-0.39, 0.29) is 11.9 Å². The summed E-state index contributed by atoms with van der Waals surface area (Å²) in [5.41, 5.74) is 0.606. The SMILES string of the molecule is CN1C(=O)NC2(CCN(Cc3ccc4ccccc4c3)CC2)C1=O. The summed E-state index contributed by atoms with van der Waals surface area (Å²) in [6, 6.07) is 14.6. The Morgan fingerprint density at radius 2 is 1.75 bits per heavy atom. The first-order valence-electron chi connectivity index (χ1n) is 8.38. The van der Waals surface area contributed by atoms with Crippen molar-refractivity contribution in [1.29, 1.82) is 0 Å². The van der Waals surface area contributed by atoms with Gasteiger partial charge in [-0.25, -0.2) is 4.79 Å². The third-order valence-corrected chi connectivity index (χ3v) is 5.29. The molecule has 0 radical (unpaired) electrons. The maximum Gasteiger partial charge on any atom is 0.324 e. The number of rotatable bonds is 2. The normalized spacial score (nSPS) is 20.8. The summed E-state index contributed by atoms with van der Waals surface area (Å²) < 4.78 is 0. The van der Waals surface area contributed by atoms with Gasteiger partial charge in [0.15, 0.2) is 0 Å². The fourth-order valence-corrected chi connectivity index (χ4v) is 3.78. The van der Waals surface area contributed by atoms with E-state index in [1.165, 1.54) is 21.2 Å². The molecular weight excluding hydrogens is 302 g/mol. The number of carbonyl (C=O) groups is 2. The Kier molecular flexibility index (Phi) is 3.53. The molecule has 4 rings (SSSR count). The van der Waals surface area contributed by atoms with Crippen LogP contribution in [0.5, 0.6) is 0 Å². The maximum atomic E-state index is 12.3. The summed E-state index contributed by atoms with van der Waals surface area (Å²) in [6.07, 6.45) is 1.35. The Bertz CT molecular complexity index is 809. The number of piperidine rings is 1. The van der Waals surface area contributed by atoms with Gasteiger partial charge in [0.25, 0.3) is 5.91 Å². The predicted molar refractivity (Wildman–Crippen MR) is 92.5 cm³/mol. The average molecular weight is 323 g/mol. The first-order chi connectivity index (χ1) is 11.6. The molecule has 2 aromatic rings. The molecule has 2 saturated heterocycles. The summed E-state index contributed by atoms with van der Waals surface area (Å²) in [7, 11) is 1.55. The van der Waals surface area contributed by atoms with Crippen molar-refractivity contribution in [3.05, 3.63) is 48.0 Å². The molecule has 1 spiro atoms. The number of imide groups is 1. The lowest BCUT2D eigenvalue weighted by molar-refractivity contribution is -0.132. The quantitative estimate of drug-likeness (QED) is 0.863. The third kappa shape index (κ3) is 2.45. The number of likely N-dealkylation sites (N-methyl/N-ethyl adjacent to an activating group) is 1. The van der Waals surface area contributed by atoms with Gasteiger partial charge in [-0.15, -0.1) is 0 Å². The molecule has 0 atom stereocenters. The smallest absolute Gasteiger partial charge is 0.323 e. The van der Waals surface area contributed by atoms with Crippen LogP contribution in [-0.2, 0) is 11.3 Å². The number of amides is 3. The monoisotopic (exact) mass is 323 g/mol. The number of nitrogens with zero attached hydrogens (tertiary/aromatic N) is 2.